The average molecular weight is 1030 g/mol. The van der Waals surface area contributed by atoms with E-state index in [0.29, 0.717) is 25.9 Å². The van der Waals surface area contributed by atoms with Crippen molar-refractivity contribution in [3.8, 4) is 0 Å². The van der Waals surface area contributed by atoms with Crippen LogP contribution in [-0.4, -0.2) is 47.4 Å². The number of hydrogen-bond donors (Lipinski definition) is 3. The van der Waals surface area contributed by atoms with E-state index in [-0.39, 0.29) is 18.5 Å². The summed E-state index contributed by atoms with van der Waals surface area (Å²) in [5.41, 5.74) is 0. The lowest BCUT2D eigenvalue weighted by atomic mass is 10.0. The van der Waals surface area contributed by atoms with Gasteiger partial charge in [0.2, 0.25) is 5.91 Å². The van der Waals surface area contributed by atoms with E-state index in [2.05, 4.69) is 31.3 Å². The summed E-state index contributed by atoms with van der Waals surface area (Å²) in [5, 5.41) is 23.1. The van der Waals surface area contributed by atoms with Crippen LogP contribution in [0.15, 0.2) is 12.2 Å². The monoisotopic (exact) mass is 1030 g/mol. The lowest BCUT2D eigenvalue weighted by molar-refractivity contribution is -0.143. The molecule has 2 atom stereocenters. The number of nitrogens with one attached hydrogen (secondary N) is 1. The van der Waals surface area contributed by atoms with E-state index in [1.165, 1.54) is 308 Å². The third-order valence-electron chi connectivity index (χ3n) is 15.8. The number of esters is 1. The summed E-state index contributed by atoms with van der Waals surface area (Å²) in [6.45, 7) is 4.97. The second-order valence-electron chi connectivity index (χ2n) is 23.2. The quantitative estimate of drug-likeness (QED) is 0.0320. The number of aliphatic hydroxyl groups excluding tert-OH is 2. The van der Waals surface area contributed by atoms with Crippen LogP contribution in [0.5, 0.6) is 0 Å². The minimum Gasteiger partial charge on any atom is -0.466 e. The summed E-state index contributed by atoms with van der Waals surface area (Å²) in [5.74, 6) is -0.0133. The molecule has 0 heterocycles. The van der Waals surface area contributed by atoms with Gasteiger partial charge in [0.05, 0.1) is 25.4 Å². The minimum absolute atomic E-state index is 0.0216. The second kappa shape index (κ2) is 63.1. The zero-order chi connectivity index (χ0) is 52.9. The van der Waals surface area contributed by atoms with Crippen molar-refractivity contribution in [2.24, 2.45) is 0 Å². The predicted octanol–water partition coefficient (Wildman–Crippen LogP) is 21.2. The van der Waals surface area contributed by atoms with Gasteiger partial charge in [-0.1, -0.05) is 328 Å². The Labute approximate surface area is 457 Å². The third-order valence-corrected chi connectivity index (χ3v) is 15.8. The molecule has 0 rings (SSSR count). The molecule has 0 bridgehead atoms. The minimum atomic E-state index is -0.660. The Kier molecular flexibility index (Phi) is 61.9. The molecule has 0 aliphatic heterocycles. The summed E-state index contributed by atoms with van der Waals surface area (Å²) >= 11 is 0. The number of rotatable bonds is 63. The molecule has 73 heavy (non-hydrogen) atoms. The van der Waals surface area contributed by atoms with Crippen molar-refractivity contribution in [3.05, 3.63) is 12.2 Å². The van der Waals surface area contributed by atoms with Crippen molar-refractivity contribution >= 4 is 11.9 Å². The lowest BCUT2D eigenvalue weighted by Crippen LogP contribution is -2.45. The number of ether oxygens (including phenoxy) is 1. The summed E-state index contributed by atoms with van der Waals surface area (Å²) in [6.07, 6.45) is 76.9. The van der Waals surface area contributed by atoms with Crippen LogP contribution in [0, 0.1) is 0 Å². The first-order valence-electron chi connectivity index (χ1n) is 33.4. The van der Waals surface area contributed by atoms with Gasteiger partial charge in [-0.2, -0.15) is 0 Å². The Morgan fingerprint density at radius 2 is 0.644 bits per heavy atom. The Hall–Kier alpha value is -1.40. The van der Waals surface area contributed by atoms with Crippen molar-refractivity contribution in [2.75, 3.05) is 13.2 Å². The standard InChI is InChI=1S/C67H131NO5/c1-3-5-7-9-11-13-14-15-16-17-32-35-38-41-45-49-53-57-61-67(72)73-62-58-54-50-46-42-39-36-33-30-28-26-24-22-20-18-19-21-23-25-27-29-31-34-37-40-44-48-52-56-60-66(71)68-64(63-69)65(70)59-55-51-47-43-12-10-8-6-4-2/h18,20,64-65,69-70H,3-17,19,21-63H2,1-2H3,(H,68,71)/b20-18-. The highest BCUT2D eigenvalue weighted by molar-refractivity contribution is 5.76. The fourth-order valence-corrected chi connectivity index (χ4v) is 10.7. The molecule has 0 saturated heterocycles. The molecule has 0 aromatic heterocycles. The maximum absolute atomic E-state index is 12.4. The highest BCUT2D eigenvalue weighted by atomic mass is 16.5. The number of amides is 1. The van der Waals surface area contributed by atoms with Crippen molar-refractivity contribution in [1.82, 2.24) is 5.32 Å². The largest absolute Gasteiger partial charge is 0.466 e. The van der Waals surface area contributed by atoms with Crippen molar-refractivity contribution in [3.63, 3.8) is 0 Å². The van der Waals surface area contributed by atoms with Gasteiger partial charge in [0.1, 0.15) is 0 Å². The molecule has 434 valence electrons. The predicted molar refractivity (Wildman–Crippen MR) is 320 cm³/mol. The van der Waals surface area contributed by atoms with Gasteiger partial charge >= 0.3 is 5.97 Å². The van der Waals surface area contributed by atoms with Crippen LogP contribution < -0.4 is 5.32 Å². The van der Waals surface area contributed by atoms with Crippen LogP contribution in [-0.2, 0) is 14.3 Å². The van der Waals surface area contributed by atoms with E-state index >= 15 is 0 Å². The van der Waals surface area contributed by atoms with Crippen molar-refractivity contribution in [1.29, 1.82) is 0 Å². The molecule has 0 saturated carbocycles. The first-order chi connectivity index (χ1) is 36.0. The Morgan fingerprint density at radius 1 is 0.370 bits per heavy atom. The van der Waals surface area contributed by atoms with Gasteiger partial charge in [0.25, 0.3) is 0 Å². The molecule has 0 aromatic rings. The van der Waals surface area contributed by atoms with Gasteiger partial charge < -0.3 is 20.3 Å². The molecule has 0 fully saturated rings. The average Bonchev–Trinajstić information content (AvgIpc) is 3.39. The summed E-state index contributed by atoms with van der Waals surface area (Å²) < 4.78 is 5.51. The first-order valence-corrected chi connectivity index (χ1v) is 33.4. The molecule has 0 aliphatic rings. The SMILES string of the molecule is CCCCCCCCCCCCCCCCCCCCC(=O)OCCCCCCCCCCCCCC/C=C\CCCCCCCCCCCCCCCC(=O)NC(CO)C(O)CCCCCCCCCCC. The summed E-state index contributed by atoms with van der Waals surface area (Å²) in [7, 11) is 0. The maximum Gasteiger partial charge on any atom is 0.305 e. The van der Waals surface area contributed by atoms with Gasteiger partial charge in [-0.15, -0.1) is 0 Å². The van der Waals surface area contributed by atoms with Crippen LogP contribution in [0.4, 0.5) is 0 Å². The second-order valence-corrected chi connectivity index (χ2v) is 23.2. The number of carbonyl (C=O) groups excluding carboxylic acids is 2. The van der Waals surface area contributed by atoms with Gasteiger partial charge in [0.15, 0.2) is 0 Å². The van der Waals surface area contributed by atoms with Gasteiger partial charge in [0, 0.05) is 12.8 Å². The fraction of sp³-hybridized carbons (Fsp3) is 0.940. The Bertz CT molecular complexity index is 1100. The van der Waals surface area contributed by atoms with Crippen LogP contribution in [0.2, 0.25) is 0 Å². The highest BCUT2D eigenvalue weighted by Crippen LogP contribution is 2.18. The van der Waals surface area contributed by atoms with E-state index < -0.39 is 12.1 Å². The zero-order valence-corrected chi connectivity index (χ0v) is 49.6. The molecular weight excluding hydrogens is 899 g/mol. The molecule has 2 unspecified atom stereocenters. The molecule has 6 heteroatoms. The van der Waals surface area contributed by atoms with E-state index in [0.717, 1.165) is 38.5 Å². The van der Waals surface area contributed by atoms with Crippen molar-refractivity contribution in [2.45, 2.75) is 392 Å². The molecular formula is C67H131NO5. The molecule has 0 spiro atoms. The van der Waals surface area contributed by atoms with Crippen molar-refractivity contribution < 1.29 is 24.5 Å². The van der Waals surface area contributed by atoms with E-state index in [4.69, 9.17) is 4.74 Å². The van der Waals surface area contributed by atoms with Crippen LogP contribution >= 0.6 is 0 Å². The first kappa shape index (κ1) is 71.6. The van der Waals surface area contributed by atoms with E-state index in [9.17, 15) is 19.8 Å². The Balaban J connectivity index is 3.31. The van der Waals surface area contributed by atoms with Gasteiger partial charge in [-0.05, 0) is 51.4 Å². The van der Waals surface area contributed by atoms with Crippen LogP contribution in [0.1, 0.15) is 380 Å². The van der Waals surface area contributed by atoms with E-state index in [1.54, 1.807) is 0 Å². The lowest BCUT2D eigenvalue weighted by Gasteiger charge is -2.22. The van der Waals surface area contributed by atoms with Gasteiger partial charge in [-0.3, -0.25) is 9.59 Å². The molecule has 0 aromatic carbocycles. The molecule has 0 aliphatic carbocycles. The summed E-state index contributed by atoms with van der Waals surface area (Å²) in [6, 6.07) is -0.538. The number of hydrogen-bond acceptors (Lipinski definition) is 5. The van der Waals surface area contributed by atoms with Gasteiger partial charge in [-0.25, -0.2) is 0 Å². The fourth-order valence-electron chi connectivity index (χ4n) is 10.7. The van der Waals surface area contributed by atoms with E-state index in [1.807, 2.05) is 0 Å². The third kappa shape index (κ3) is 59.7. The van der Waals surface area contributed by atoms with Crippen LogP contribution in [0.25, 0.3) is 0 Å². The number of allylic oxidation sites excluding steroid dienone is 2. The topological polar surface area (TPSA) is 95.9 Å². The highest BCUT2D eigenvalue weighted by Gasteiger charge is 2.20. The molecule has 1 amide bonds. The molecule has 3 N–H and O–H groups in total. The van der Waals surface area contributed by atoms with Crippen LogP contribution in [0.3, 0.4) is 0 Å². The smallest absolute Gasteiger partial charge is 0.305 e. The molecule has 6 nitrogen and oxygen atoms in total. The number of carbonyl (C=O) groups is 2. The zero-order valence-electron chi connectivity index (χ0n) is 49.6. The normalized spacial score (nSPS) is 12.5. The molecule has 0 radical (unpaired) electrons. The number of aliphatic hydroxyl groups is 2. The summed E-state index contributed by atoms with van der Waals surface area (Å²) in [4.78, 5) is 24.5. The number of unbranched alkanes of at least 4 members (excludes halogenated alkanes) is 50. The Morgan fingerprint density at radius 3 is 0.973 bits per heavy atom. The maximum atomic E-state index is 12.4.